The number of nitrogens with one attached hydrogen (secondary N) is 1. The lowest BCUT2D eigenvalue weighted by Gasteiger charge is -2.11. The van der Waals surface area contributed by atoms with Gasteiger partial charge in [-0.25, -0.2) is 4.98 Å². The van der Waals surface area contributed by atoms with Gasteiger partial charge >= 0.3 is 0 Å². The third-order valence-electron chi connectivity index (χ3n) is 3.78. The molecule has 0 saturated carbocycles. The smallest absolute Gasteiger partial charge is 0.267 e. The molecule has 2 aromatic rings. The number of rotatable bonds is 5. The summed E-state index contributed by atoms with van der Waals surface area (Å²) in [5, 5.41) is 3.19. The molecule has 0 spiro atoms. The van der Waals surface area contributed by atoms with Gasteiger partial charge in [0.2, 0.25) is 0 Å². The van der Waals surface area contributed by atoms with Gasteiger partial charge in [0.1, 0.15) is 15.8 Å². The third kappa shape index (κ3) is 3.32. The maximum atomic E-state index is 12.9. The number of fused-ring (bicyclic) bond motifs is 1. The summed E-state index contributed by atoms with van der Waals surface area (Å²) in [5.41, 5.74) is 0.712. The van der Waals surface area contributed by atoms with Crippen molar-refractivity contribution in [3.05, 3.63) is 45.2 Å². The molecule has 6 nitrogen and oxygen atoms in total. The van der Waals surface area contributed by atoms with E-state index in [1.807, 2.05) is 19.9 Å². The van der Waals surface area contributed by atoms with Crippen LogP contribution in [0.25, 0.3) is 11.7 Å². The van der Waals surface area contributed by atoms with Crippen molar-refractivity contribution in [2.75, 3.05) is 18.4 Å². The molecule has 3 rings (SSSR count). The Labute approximate surface area is 154 Å². The minimum Gasteiger partial charge on any atom is -0.369 e. The number of thiocarbonyl (C=S) groups is 1. The largest absolute Gasteiger partial charge is 0.369 e. The second-order valence-electron chi connectivity index (χ2n) is 5.46. The van der Waals surface area contributed by atoms with E-state index in [0.29, 0.717) is 39.3 Å². The number of hydrogen-bond acceptors (Lipinski definition) is 6. The van der Waals surface area contributed by atoms with Gasteiger partial charge in [0, 0.05) is 19.3 Å². The Balaban J connectivity index is 2.15. The molecule has 0 unspecified atom stereocenters. The van der Waals surface area contributed by atoms with Crippen molar-refractivity contribution in [2.45, 2.75) is 20.3 Å². The summed E-state index contributed by atoms with van der Waals surface area (Å²) >= 11 is 6.45. The van der Waals surface area contributed by atoms with Crippen molar-refractivity contribution in [3.63, 3.8) is 0 Å². The first-order valence-corrected chi connectivity index (χ1v) is 9.30. The van der Waals surface area contributed by atoms with Crippen LogP contribution < -0.4 is 10.9 Å². The molecule has 1 amide bonds. The third-order valence-corrected chi connectivity index (χ3v) is 5.15. The summed E-state index contributed by atoms with van der Waals surface area (Å²) in [4.78, 5) is 31.9. The molecule has 0 aliphatic carbocycles. The lowest BCUT2D eigenvalue weighted by Crippen LogP contribution is -2.27. The second kappa shape index (κ2) is 7.37. The highest BCUT2D eigenvalue weighted by Gasteiger charge is 2.31. The summed E-state index contributed by atoms with van der Waals surface area (Å²) < 4.78 is 1.99. The Morgan fingerprint density at radius 1 is 1.32 bits per heavy atom. The van der Waals surface area contributed by atoms with Crippen LogP contribution in [-0.2, 0) is 4.79 Å². The van der Waals surface area contributed by atoms with E-state index in [2.05, 4.69) is 10.3 Å². The van der Waals surface area contributed by atoms with E-state index in [1.54, 1.807) is 24.4 Å². The van der Waals surface area contributed by atoms with Crippen LogP contribution in [0.5, 0.6) is 0 Å². The number of amides is 1. The molecule has 3 heterocycles. The highest BCUT2D eigenvalue weighted by molar-refractivity contribution is 8.26. The fourth-order valence-electron chi connectivity index (χ4n) is 2.51. The number of nitrogens with zero attached hydrogens (tertiary/aromatic N) is 3. The number of anilines is 1. The zero-order valence-electron chi connectivity index (χ0n) is 14.0. The summed E-state index contributed by atoms with van der Waals surface area (Å²) in [5.74, 6) is 0.316. The Morgan fingerprint density at radius 3 is 2.80 bits per heavy atom. The Kier molecular flexibility index (Phi) is 5.19. The first-order valence-electron chi connectivity index (χ1n) is 8.07. The highest BCUT2D eigenvalue weighted by Crippen LogP contribution is 2.32. The van der Waals surface area contributed by atoms with Gasteiger partial charge in [0.25, 0.3) is 11.5 Å². The van der Waals surface area contributed by atoms with Crippen molar-refractivity contribution in [1.29, 1.82) is 0 Å². The number of likely N-dealkylation sites (N-methyl/N-ethyl adjacent to an activating group) is 1. The number of carbonyl (C=O) groups is 1. The Bertz CT molecular complexity index is 936. The van der Waals surface area contributed by atoms with Crippen LogP contribution in [0, 0.1) is 0 Å². The minimum atomic E-state index is -0.217. The fourth-order valence-corrected chi connectivity index (χ4v) is 3.88. The molecule has 2 aromatic heterocycles. The lowest BCUT2D eigenvalue weighted by molar-refractivity contribution is -0.121. The number of pyridine rings is 1. The molecule has 0 radical (unpaired) electrons. The van der Waals surface area contributed by atoms with Gasteiger partial charge in [-0.2, -0.15) is 0 Å². The van der Waals surface area contributed by atoms with Crippen LogP contribution in [0.3, 0.4) is 0 Å². The number of carbonyl (C=O) groups excluding carboxylic acids is 1. The van der Waals surface area contributed by atoms with E-state index < -0.39 is 0 Å². The van der Waals surface area contributed by atoms with Crippen LogP contribution in [0.2, 0.25) is 0 Å². The molecule has 130 valence electrons. The molecule has 25 heavy (non-hydrogen) atoms. The van der Waals surface area contributed by atoms with Crippen molar-refractivity contribution >= 4 is 51.7 Å². The molecule has 8 heteroatoms. The molecule has 1 saturated heterocycles. The maximum absolute atomic E-state index is 12.9. The predicted octanol–water partition coefficient (Wildman–Crippen LogP) is 2.74. The van der Waals surface area contributed by atoms with Crippen molar-refractivity contribution < 1.29 is 4.79 Å². The first kappa shape index (κ1) is 17.6. The highest BCUT2D eigenvalue weighted by atomic mass is 32.2. The van der Waals surface area contributed by atoms with E-state index in [9.17, 15) is 9.59 Å². The van der Waals surface area contributed by atoms with Gasteiger partial charge in [-0.3, -0.25) is 18.9 Å². The van der Waals surface area contributed by atoms with Gasteiger partial charge in [-0.15, -0.1) is 0 Å². The summed E-state index contributed by atoms with van der Waals surface area (Å²) in [7, 11) is 0. The molecule has 1 N–H and O–H groups in total. The molecule has 0 aromatic carbocycles. The molecule has 1 aliphatic rings. The van der Waals surface area contributed by atoms with E-state index in [0.717, 1.165) is 6.42 Å². The molecule has 1 aliphatic heterocycles. The fraction of sp³-hybridized carbons (Fsp3) is 0.294. The van der Waals surface area contributed by atoms with E-state index in [4.69, 9.17) is 12.2 Å². The molecule has 1 fully saturated rings. The van der Waals surface area contributed by atoms with E-state index >= 15 is 0 Å². The number of hydrogen-bond donors (Lipinski definition) is 1. The van der Waals surface area contributed by atoms with Crippen molar-refractivity contribution in [1.82, 2.24) is 14.3 Å². The SMILES string of the molecule is CCCNc1nc2ccccn2c(=O)c1/C=C1\SC(=S)N(CC)C1=O. The zero-order valence-corrected chi connectivity index (χ0v) is 15.6. The minimum absolute atomic E-state index is 0.170. The quantitative estimate of drug-likeness (QED) is 0.641. The summed E-state index contributed by atoms with van der Waals surface area (Å²) in [6, 6.07) is 5.38. The topological polar surface area (TPSA) is 66.7 Å². The molecular formula is C17H18N4O2S2. The van der Waals surface area contributed by atoms with Crippen molar-refractivity contribution in [2.24, 2.45) is 0 Å². The summed E-state index contributed by atoms with van der Waals surface area (Å²) in [6.45, 7) is 5.10. The Hall–Kier alpha value is -2.19. The molecule has 0 atom stereocenters. The molecule has 0 bridgehead atoms. The number of thioether (sulfide) groups is 1. The number of aromatic nitrogens is 2. The van der Waals surface area contributed by atoms with Gasteiger partial charge in [-0.05, 0) is 31.6 Å². The monoisotopic (exact) mass is 374 g/mol. The van der Waals surface area contributed by atoms with Gasteiger partial charge < -0.3 is 5.32 Å². The van der Waals surface area contributed by atoms with Crippen LogP contribution in [0.15, 0.2) is 34.1 Å². The van der Waals surface area contributed by atoms with Gasteiger partial charge in [0.15, 0.2) is 0 Å². The van der Waals surface area contributed by atoms with Crippen LogP contribution in [0.4, 0.5) is 5.82 Å². The zero-order chi connectivity index (χ0) is 18.0. The van der Waals surface area contributed by atoms with E-state index in [-0.39, 0.29) is 11.5 Å². The normalized spacial score (nSPS) is 16.2. The van der Waals surface area contributed by atoms with Crippen LogP contribution >= 0.6 is 24.0 Å². The summed E-state index contributed by atoms with van der Waals surface area (Å²) in [6.07, 6.45) is 4.16. The Morgan fingerprint density at radius 2 is 2.12 bits per heavy atom. The maximum Gasteiger partial charge on any atom is 0.267 e. The van der Waals surface area contributed by atoms with Crippen molar-refractivity contribution in [3.8, 4) is 0 Å². The van der Waals surface area contributed by atoms with Gasteiger partial charge in [-0.1, -0.05) is 37.0 Å². The lowest BCUT2D eigenvalue weighted by atomic mass is 10.2. The van der Waals surface area contributed by atoms with Gasteiger partial charge in [0.05, 0.1) is 10.5 Å². The first-order chi connectivity index (χ1) is 12.1. The van der Waals surface area contributed by atoms with E-state index in [1.165, 1.54) is 21.1 Å². The second-order valence-corrected chi connectivity index (χ2v) is 7.14. The predicted molar refractivity (Wildman–Crippen MR) is 106 cm³/mol. The average molecular weight is 374 g/mol. The van der Waals surface area contributed by atoms with Crippen LogP contribution in [-0.4, -0.2) is 37.6 Å². The molecular weight excluding hydrogens is 356 g/mol. The average Bonchev–Trinajstić information content (AvgIpc) is 2.88. The van der Waals surface area contributed by atoms with Crippen LogP contribution in [0.1, 0.15) is 25.8 Å². The standard InChI is InChI=1S/C17H18N4O2S2/c1-3-8-18-14-11(10-12-16(23)20(4-2)17(24)25-12)15(22)21-9-6-5-7-13(21)19-14/h5-7,9-10,18H,3-4,8H2,1-2H3/b12-10-.